The summed E-state index contributed by atoms with van der Waals surface area (Å²) in [6, 6.07) is 0. The Morgan fingerprint density at radius 3 is 1.31 bits per heavy atom. The maximum Gasteiger partial charge on any atom is 0.335 e. The molecule has 1 N–H and O–H groups in total. The fraction of sp³-hybridized carbons (Fsp3) is 0.885. The van der Waals surface area contributed by atoms with Crippen molar-refractivity contribution >= 4 is 5.97 Å². The molecule has 0 saturated heterocycles. The summed E-state index contributed by atoms with van der Waals surface area (Å²) >= 11 is 0. The SMILES string of the molecule is C=C(C)C(=O)OC(O)CCCCCCCCCCCCCCCCCCCCC. The molecule has 1 atom stereocenters. The van der Waals surface area contributed by atoms with Gasteiger partial charge in [-0.05, 0) is 13.3 Å². The van der Waals surface area contributed by atoms with Gasteiger partial charge in [0.15, 0.2) is 0 Å². The quantitative estimate of drug-likeness (QED) is 0.0845. The fourth-order valence-electron chi connectivity index (χ4n) is 3.68. The number of ether oxygens (including phenoxy) is 1. The Morgan fingerprint density at radius 1 is 0.690 bits per heavy atom. The fourth-order valence-corrected chi connectivity index (χ4v) is 3.68. The molecule has 29 heavy (non-hydrogen) atoms. The van der Waals surface area contributed by atoms with Crippen LogP contribution in [0.5, 0.6) is 0 Å². The molecule has 0 bridgehead atoms. The van der Waals surface area contributed by atoms with E-state index in [2.05, 4.69) is 13.5 Å². The predicted octanol–water partition coefficient (Wildman–Crippen LogP) is 8.25. The van der Waals surface area contributed by atoms with E-state index in [0.717, 1.165) is 12.8 Å². The highest BCUT2D eigenvalue weighted by molar-refractivity contribution is 5.86. The van der Waals surface area contributed by atoms with E-state index in [1.807, 2.05) is 0 Å². The van der Waals surface area contributed by atoms with Crippen LogP contribution < -0.4 is 0 Å². The molecule has 0 aliphatic heterocycles. The van der Waals surface area contributed by atoms with E-state index in [4.69, 9.17) is 4.74 Å². The number of aliphatic hydroxyl groups excluding tert-OH is 1. The second-order valence-electron chi connectivity index (χ2n) is 8.79. The van der Waals surface area contributed by atoms with Crippen LogP contribution in [0.4, 0.5) is 0 Å². The zero-order chi connectivity index (χ0) is 21.6. The van der Waals surface area contributed by atoms with E-state index in [-0.39, 0.29) is 0 Å². The van der Waals surface area contributed by atoms with E-state index in [1.54, 1.807) is 6.92 Å². The standard InChI is InChI=1S/C26H50O3/c1-4-5-6-7-8-9-10-11-12-13-14-15-16-17-18-19-20-21-22-23-25(27)29-26(28)24(2)3/h25,27H,2,4-23H2,1,3H3. The molecule has 3 heteroatoms. The number of unbranched alkanes of at least 4 members (excludes halogenated alkanes) is 18. The van der Waals surface area contributed by atoms with Gasteiger partial charge in [0, 0.05) is 12.0 Å². The molecule has 0 spiro atoms. The number of esters is 1. The van der Waals surface area contributed by atoms with Gasteiger partial charge in [-0.15, -0.1) is 0 Å². The Morgan fingerprint density at radius 2 is 1.00 bits per heavy atom. The molecule has 0 aromatic rings. The van der Waals surface area contributed by atoms with Gasteiger partial charge in [0.2, 0.25) is 6.29 Å². The van der Waals surface area contributed by atoms with Crippen molar-refractivity contribution in [2.75, 3.05) is 0 Å². The Hall–Kier alpha value is -0.830. The molecule has 0 heterocycles. The molecule has 172 valence electrons. The van der Waals surface area contributed by atoms with Gasteiger partial charge in [0.05, 0.1) is 0 Å². The van der Waals surface area contributed by atoms with Crippen LogP contribution in [0.2, 0.25) is 0 Å². The molecule has 0 fully saturated rings. The van der Waals surface area contributed by atoms with Gasteiger partial charge >= 0.3 is 5.97 Å². The van der Waals surface area contributed by atoms with E-state index in [0.29, 0.717) is 12.0 Å². The number of rotatable bonds is 22. The minimum atomic E-state index is -0.981. The highest BCUT2D eigenvalue weighted by Gasteiger charge is 2.10. The highest BCUT2D eigenvalue weighted by Crippen LogP contribution is 2.15. The first-order valence-corrected chi connectivity index (χ1v) is 12.6. The zero-order valence-corrected chi connectivity index (χ0v) is 19.7. The van der Waals surface area contributed by atoms with Gasteiger partial charge in [-0.2, -0.15) is 0 Å². The van der Waals surface area contributed by atoms with Crippen molar-refractivity contribution in [2.24, 2.45) is 0 Å². The molecule has 0 amide bonds. The van der Waals surface area contributed by atoms with Crippen molar-refractivity contribution < 1.29 is 14.6 Å². The zero-order valence-electron chi connectivity index (χ0n) is 19.7. The van der Waals surface area contributed by atoms with Crippen molar-refractivity contribution in [3.05, 3.63) is 12.2 Å². The average molecular weight is 411 g/mol. The van der Waals surface area contributed by atoms with Gasteiger partial charge in [-0.3, -0.25) is 0 Å². The topological polar surface area (TPSA) is 46.5 Å². The number of carbonyl (C=O) groups is 1. The van der Waals surface area contributed by atoms with Gasteiger partial charge in [-0.1, -0.05) is 129 Å². The molecule has 0 aliphatic carbocycles. The molecule has 1 unspecified atom stereocenters. The van der Waals surface area contributed by atoms with E-state index in [9.17, 15) is 9.90 Å². The van der Waals surface area contributed by atoms with Crippen molar-refractivity contribution in [2.45, 2.75) is 149 Å². The summed E-state index contributed by atoms with van der Waals surface area (Å²) in [5, 5.41) is 9.63. The normalized spacial score (nSPS) is 12.1. The smallest absolute Gasteiger partial charge is 0.335 e. The molecule has 0 rings (SSSR count). The molecular weight excluding hydrogens is 360 g/mol. The van der Waals surface area contributed by atoms with E-state index in [1.165, 1.54) is 109 Å². The van der Waals surface area contributed by atoms with E-state index >= 15 is 0 Å². The maximum absolute atomic E-state index is 11.3. The average Bonchev–Trinajstić information content (AvgIpc) is 2.69. The lowest BCUT2D eigenvalue weighted by molar-refractivity contribution is -0.163. The van der Waals surface area contributed by atoms with Crippen molar-refractivity contribution in [3.63, 3.8) is 0 Å². The summed E-state index contributed by atoms with van der Waals surface area (Å²) < 4.78 is 4.87. The number of carbonyl (C=O) groups excluding carboxylic acids is 1. The number of hydrogen-bond donors (Lipinski definition) is 1. The van der Waals surface area contributed by atoms with Crippen LogP contribution in [0.15, 0.2) is 12.2 Å². The van der Waals surface area contributed by atoms with Gasteiger partial charge in [0.25, 0.3) is 0 Å². The lowest BCUT2D eigenvalue weighted by Gasteiger charge is -2.11. The van der Waals surface area contributed by atoms with Crippen LogP contribution >= 0.6 is 0 Å². The monoisotopic (exact) mass is 410 g/mol. The van der Waals surface area contributed by atoms with Crippen molar-refractivity contribution in [1.29, 1.82) is 0 Å². The van der Waals surface area contributed by atoms with Crippen LogP contribution in [0, 0.1) is 0 Å². The second-order valence-corrected chi connectivity index (χ2v) is 8.79. The Balaban J connectivity index is 3.15. The first-order chi connectivity index (χ1) is 14.1. The van der Waals surface area contributed by atoms with Gasteiger partial charge in [-0.25, -0.2) is 4.79 Å². The Bertz CT molecular complexity index is 378. The van der Waals surface area contributed by atoms with Crippen LogP contribution in [0.3, 0.4) is 0 Å². The molecule has 0 aliphatic rings. The van der Waals surface area contributed by atoms with E-state index < -0.39 is 12.3 Å². The van der Waals surface area contributed by atoms with Crippen LogP contribution in [-0.2, 0) is 9.53 Å². The third-order valence-corrected chi connectivity index (χ3v) is 5.65. The number of aliphatic hydroxyl groups is 1. The Kier molecular flexibility index (Phi) is 21.2. The third kappa shape index (κ3) is 21.7. The summed E-state index contributed by atoms with van der Waals surface area (Å²) in [5.41, 5.74) is 0.331. The Labute approximate surface area is 181 Å². The highest BCUT2D eigenvalue weighted by atomic mass is 16.6. The summed E-state index contributed by atoms with van der Waals surface area (Å²) in [7, 11) is 0. The van der Waals surface area contributed by atoms with Crippen molar-refractivity contribution in [1.82, 2.24) is 0 Å². The predicted molar refractivity (Wildman–Crippen MR) is 125 cm³/mol. The lowest BCUT2D eigenvalue weighted by atomic mass is 10.0. The first kappa shape index (κ1) is 28.2. The molecule has 0 radical (unpaired) electrons. The first-order valence-electron chi connectivity index (χ1n) is 12.6. The van der Waals surface area contributed by atoms with Crippen LogP contribution in [-0.4, -0.2) is 17.4 Å². The maximum atomic E-state index is 11.3. The second kappa shape index (κ2) is 21.9. The molecular formula is C26H50O3. The molecule has 0 aromatic carbocycles. The lowest BCUT2D eigenvalue weighted by Crippen LogP contribution is -2.17. The minimum Gasteiger partial charge on any atom is -0.433 e. The molecule has 3 nitrogen and oxygen atoms in total. The summed E-state index contributed by atoms with van der Waals surface area (Å²) in [6.07, 6.45) is 25.2. The minimum absolute atomic E-state index is 0.331. The largest absolute Gasteiger partial charge is 0.433 e. The molecule has 0 aromatic heterocycles. The van der Waals surface area contributed by atoms with Crippen LogP contribution in [0.1, 0.15) is 142 Å². The summed E-state index contributed by atoms with van der Waals surface area (Å²) in [6.45, 7) is 7.38. The number of hydrogen-bond acceptors (Lipinski definition) is 3. The summed E-state index contributed by atoms with van der Waals surface area (Å²) in [4.78, 5) is 11.3. The van der Waals surface area contributed by atoms with Crippen molar-refractivity contribution in [3.8, 4) is 0 Å². The summed E-state index contributed by atoms with van der Waals surface area (Å²) in [5.74, 6) is -0.504. The third-order valence-electron chi connectivity index (χ3n) is 5.65. The van der Waals surface area contributed by atoms with Gasteiger partial charge < -0.3 is 9.84 Å². The van der Waals surface area contributed by atoms with Gasteiger partial charge in [0.1, 0.15) is 0 Å². The molecule has 0 saturated carbocycles. The van der Waals surface area contributed by atoms with Crippen LogP contribution in [0.25, 0.3) is 0 Å².